The molecular weight excluding hydrogens is 168 g/mol. The van der Waals surface area contributed by atoms with Gasteiger partial charge < -0.3 is 0 Å². The minimum Gasteiger partial charge on any atom is -0.120 e. The second-order valence-corrected chi connectivity index (χ2v) is 6.34. The lowest BCUT2D eigenvalue weighted by Crippen LogP contribution is -2.34. The van der Waals surface area contributed by atoms with E-state index in [0.717, 1.165) is 23.2 Å². The third kappa shape index (κ3) is 0.746. The predicted octanol–water partition coefficient (Wildman–Crippen LogP) is 3.33. The zero-order valence-corrected chi connectivity index (χ0v) is 9.51. The van der Waals surface area contributed by atoms with Gasteiger partial charge in [-0.25, -0.2) is 0 Å². The maximum absolute atomic E-state index is 5.55. The molecule has 0 aromatic heterocycles. The zero-order valence-electron chi connectivity index (χ0n) is 9.51. The van der Waals surface area contributed by atoms with Crippen molar-refractivity contribution in [2.45, 2.75) is 40.0 Å². The lowest BCUT2D eigenvalue weighted by Gasteiger charge is -2.39. The van der Waals surface area contributed by atoms with Gasteiger partial charge >= 0.3 is 0 Å². The number of rotatable bonds is 2. The Labute approximate surface area is 87.5 Å². The summed E-state index contributed by atoms with van der Waals surface area (Å²) in [6.07, 6.45) is 9.96. The first-order valence-corrected chi connectivity index (χ1v) is 6.03. The Balaban J connectivity index is 1.71. The molecule has 0 N–H and O–H groups in total. The second-order valence-electron chi connectivity index (χ2n) is 6.34. The SMILES string of the molecule is C#CC(C)C12CC1C1(CC1C(C)C)C2. The first kappa shape index (κ1) is 8.84. The Morgan fingerprint density at radius 2 is 2.00 bits per heavy atom. The van der Waals surface area contributed by atoms with Crippen LogP contribution in [0.15, 0.2) is 0 Å². The van der Waals surface area contributed by atoms with Gasteiger partial charge in [0.05, 0.1) is 0 Å². The molecule has 3 fully saturated rings. The molecule has 3 saturated carbocycles. The van der Waals surface area contributed by atoms with E-state index in [4.69, 9.17) is 6.42 Å². The van der Waals surface area contributed by atoms with E-state index in [1.54, 1.807) is 0 Å². The van der Waals surface area contributed by atoms with Crippen LogP contribution in [-0.4, -0.2) is 0 Å². The summed E-state index contributed by atoms with van der Waals surface area (Å²) in [4.78, 5) is 0. The third-order valence-corrected chi connectivity index (χ3v) is 5.57. The summed E-state index contributed by atoms with van der Waals surface area (Å²) >= 11 is 0. The Morgan fingerprint density at radius 3 is 2.43 bits per heavy atom. The van der Waals surface area contributed by atoms with Crippen LogP contribution in [0.2, 0.25) is 0 Å². The smallest absolute Gasteiger partial charge is 0.0231 e. The van der Waals surface area contributed by atoms with Crippen LogP contribution in [0.5, 0.6) is 0 Å². The fourth-order valence-electron chi connectivity index (χ4n) is 4.55. The van der Waals surface area contributed by atoms with Crippen LogP contribution in [0.4, 0.5) is 0 Å². The van der Waals surface area contributed by atoms with Gasteiger partial charge in [0.25, 0.3) is 0 Å². The molecular formula is C14H20. The van der Waals surface area contributed by atoms with Crippen molar-refractivity contribution in [2.75, 3.05) is 0 Å². The average Bonchev–Trinajstić information content (AvgIpc) is 2.95. The highest BCUT2D eigenvalue weighted by Crippen LogP contribution is 2.89. The molecule has 0 bridgehead atoms. The van der Waals surface area contributed by atoms with E-state index in [2.05, 4.69) is 26.7 Å². The lowest BCUT2D eigenvalue weighted by molar-refractivity contribution is 0.0968. The lowest BCUT2D eigenvalue weighted by atomic mass is 9.64. The van der Waals surface area contributed by atoms with Gasteiger partial charge in [0.2, 0.25) is 0 Å². The van der Waals surface area contributed by atoms with Crippen molar-refractivity contribution in [3.8, 4) is 12.3 Å². The largest absolute Gasteiger partial charge is 0.120 e. The van der Waals surface area contributed by atoms with Gasteiger partial charge in [-0.2, -0.15) is 0 Å². The van der Waals surface area contributed by atoms with E-state index in [9.17, 15) is 0 Å². The molecule has 14 heavy (non-hydrogen) atoms. The van der Waals surface area contributed by atoms with Crippen molar-refractivity contribution in [3.63, 3.8) is 0 Å². The average molecular weight is 188 g/mol. The van der Waals surface area contributed by atoms with Gasteiger partial charge in [0, 0.05) is 5.92 Å². The monoisotopic (exact) mass is 188 g/mol. The van der Waals surface area contributed by atoms with Gasteiger partial charge in [-0.1, -0.05) is 20.8 Å². The van der Waals surface area contributed by atoms with Gasteiger partial charge in [-0.15, -0.1) is 12.3 Å². The Hall–Kier alpha value is -0.440. The molecule has 3 aliphatic carbocycles. The Morgan fingerprint density at radius 1 is 1.29 bits per heavy atom. The Bertz CT molecular complexity index is 321. The van der Waals surface area contributed by atoms with E-state index in [0.29, 0.717) is 11.3 Å². The summed E-state index contributed by atoms with van der Waals surface area (Å²) in [6, 6.07) is 0. The van der Waals surface area contributed by atoms with Crippen molar-refractivity contribution in [1.29, 1.82) is 0 Å². The molecule has 0 heteroatoms. The third-order valence-electron chi connectivity index (χ3n) is 5.57. The van der Waals surface area contributed by atoms with Gasteiger partial charge in [-0.05, 0) is 47.8 Å². The molecule has 5 unspecified atom stereocenters. The van der Waals surface area contributed by atoms with Gasteiger partial charge in [0.15, 0.2) is 0 Å². The van der Waals surface area contributed by atoms with Crippen LogP contribution >= 0.6 is 0 Å². The molecule has 0 aromatic carbocycles. The summed E-state index contributed by atoms with van der Waals surface area (Å²) < 4.78 is 0. The second kappa shape index (κ2) is 2.21. The maximum Gasteiger partial charge on any atom is 0.0231 e. The van der Waals surface area contributed by atoms with E-state index in [-0.39, 0.29) is 0 Å². The number of hydrogen-bond acceptors (Lipinski definition) is 0. The zero-order chi connectivity index (χ0) is 10.1. The maximum atomic E-state index is 5.55. The minimum absolute atomic E-state index is 0.534. The Kier molecular flexibility index (Phi) is 1.39. The van der Waals surface area contributed by atoms with Gasteiger partial charge in [-0.3, -0.25) is 0 Å². The molecule has 0 nitrogen and oxygen atoms in total. The summed E-state index contributed by atoms with van der Waals surface area (Å²) in [5, 5.41) is 0. The van der Waals surface area contributed by atoms with E-state index in [1.165, 1.54) is 19.3 Å². The topological polar surface area (TPSA) is 0 Å². The number of terminal acetylenes is 1. The van der Waals surface area contributed by atoms with Crippen LogP contribution in [0.25, 0.3) is 0 Å². The van der Waals surface area contributed by atoms with E-state index in [1.807, 2.05) is 0 Å². The molecule has 1 spiro atoms. The molecule has 0 radical (unpaired) electrons. The summed E-state index contributed by atoms with van der Waals surface area (Å²) in [5.41, 5.74) is 1.41. The highest BCUT2D eigenvalue weighted by molar-refractivity contribution is 5.33. The van der Waals surface area contributed by atoms with Crippen molar-refractivity contribution < 1.29 is 0 Å². The normalized spacial score (nSPS) is 54.8. The van der Waals surface area contributed by atoms with E-state index >= 15 is 0 Å². The fraction of sp³-hybridized carbons (Fsp3) is 0.857. The molecule has 3 rings (SSSR count). The van der Waals surface area contributed by atoms with Gasteiger partial charge in [0.1, 0.15) is 0 Å². The molecule has 3 aliphatic rings. The van der Waals surface area contributed by atoms with Crippen molar-refractivity contribution in [3.05, 3.63) is 0 Å². The fourth-order valence-corrected chi connectivity index (χ4v) is 4.55. The number of fused-ring (bicyclic) bond motifs is 2. The molecule has 0 saturated heterocycles. The van der Waals surface area contributed by atoms with Crippen LogP contribution in [-0.2, 0) is 0 Å². The van der Waals surface area contributed by atoms with Crippen LogP contribution in [0.1, 0.15) is 40.0 Å². The molecule has 0 aromatic rings. The summed E-state index contributed by atoms with van der Waals surface area (Å²) in [6.45, 7) is 7.01. The highest BCUT2D eigenvalue weighted by atomic mass is 14.9. The standard InChI is InChI=1S/C14H20/c1-5-10(4)13-7-12(13)14(8-13)6-11(14)9(2)3/h1,9-12H,6-8H2,2-4H3. The molecule has 5 atom stereocenters. The van der Waals surface area contributed by atoms with Crippen molar-refractivity contribution in [2.24, 2.45) is 34.5 Å². The van der Waals surface area contributed by atoms with Crippen LogP contribution in [0, 0.1) is 46.8 Å². The molecule has 76 valence electrons. The molecule has 0 heterocycles. The van der Waals surface area contributed by atoms with Crippen molar-refractivity contribution in [1.82, 2.24) is 0 Å². The van der Waals surface area contributed by atoms with Crippen LogP contribution in [0.3, 0.4) is 0 Å². The van der Waals surface area contributed by atoms with Crippen LogP contribution < -0.4 is 0 Å². The highest BCUT2D eigenvalue weighted by Gasteiger charge is 2.83. The first-order valence-electron chi connectivity index (χ1n) is 6.03. The predicted molar refractivity (Wildman–Crippen MR) is 58.5 cm³/mol. The molecule has 0 aliphatic heterocycles. The summed E-state index contributed by atoms with van der Waals surface area (Å²) in [7, 11) is 0. The number of hydrogen-bond donors (Lipinski definition) is 0. The van der Waals surface area contributed by atoms with E-state index < -0.39 is 0 Å². The minimum atomic E-state index is 0.534. The molecule has 0 amide bonds. The summed E-state index contributed by atoms with van der Waals surface area (Å²) in [5.74, 6) is 6.45. The first-order chi connectivity index (χ1) is 6.57. The van der Waals surface area contributed by atoms with Crippen molar-refractivity contribution >= 4 is 0 Å². The quantitative estimate of drug-likeness (QED) is 0.583.